The summed E-state index contributed by atoms with van der Waals surface area (Å²) in [7, 11) is -1.95. The fourth-order valence-electron chi connectivity index (χ4n) is 2.02. The Hall–Kier alpha value is -1.10. The van der Waals surface area contributed by atoms with Crippen LogP contribution < -0.4 is 4.31 Å². The predicted octanol–water partition coefficient (Wildman–Crippen LogP) is 0.430. The van der Waals surface area contributed by atoms with Crippen molar-refractivity contribution in [3.63, 3.8) is 0 Å². The van der Waals surface area contributed by atoms with Crippen molar-refractivity contribution in [1.29, 1.82) is 0 Å². The number of anilines is 1. The van der Waals surface area contributed by atoms with Crippen LogP contribution in [0.2, 0.25) is 0 Å². The molecule has 0 spiro atoms. The summed E-state index contributed by atoms with van der Waals surface area (Å²) in [5.41, 5.74) is 0. The van der Waals surface area contributed by atoms with E-state index in [1.807, 2.05) is 0 Å². The van der Waals surface area contributed by atoms with E-state index < -0.39 is 10.0 Å². The fraction of sp³-hybridized carbons (Fsp3) is 0.333. The zero-order valence-corrected chi connectivity index (χ0v) is 12.5. The molecule has 0 N–H and O–H groups in total. The van der Waals surface area contributed by atoms with Crippen molar-refractivity contribution in [2.75, 3.05) is 10.8 Å². The summed E-state index contributed by atoms with van der Waals surface area (Å²) in [6.45, 7) is 0.988. The number of hydrogen-bond donors (Lipinski definition) is 0. The average Bonchev–Trinajstić information content (AvgIpc) is 2.96. The molecule has 2 aromatic heterocycles. The lowest BCUT2D eigenvalue weighted by Crippen LogP contribution is -2.31. The first-order valence-corrected chi connectivity index (χ1v) is 7.76. The van der Waals surface area contributed by atoms with Crippen LogP contribution in [0.4, 0.5) is 5.82 Å². The van der Waals surface area contributed by atoms with Crippen LogP contribution in [-0.2, 0) is 23.6 Å². The van der Waals surface area contributed by atoms with E-state index in [0.717, 1.165) is 3.57 Å². The molecule has 0 aromatic carbocycles. The molecular formula is C9H10IN5O2S. The normalized spacial score (nSPS) is 15.1. The maximum atomic E-state index is 12.5. The first-order chi connectivity index (χ1) is 8.51. The minimum absolute atomic E-state index is 0.188. The van der Waals surface area contributed by atoms with E-state index in [9.17, 15) is 8.42 Å². The van der Waals surface area contributed by atoms with Crippen molar-refractivity contribution < 1.29 is 8.42 Å². The fourth-order valence-corrected chi connectivity index (χ4v) is 4.46. The van der Waals surface area contributed by atoms with E-state index in [2.05, 4.69) is 32.8 Å². The summed E-state index contributed by atoms with van der Waals surface area (Å²) in [5.74, 6) is 0.636. The molecule has 0 atom stereocenters. The van der Waals surface area contributed by atoms with Gasteiger partial charge in [-0.05, 0) is 28.7 Å². The van der Waals surface area contributed by atoms with E-state index in [0.29, 0.717) is 18.9 Å². The summed E-state index contributed by atoms with van der Waals surface area (Å²) in [6, 6.07) is 1.50. The number of aromatic nitrogens is 4. The van der Waals surface area contributed by atoms with Crippen LogP contribution >= 0.6 is 22.6 Å². The maximum Gasteiger partial charge on any atom is 0.282 e. The molecule has 3 heterocycles. The summed E-state index contributed by atoms with van der Waals surface area (Å²) in [5, 5.41) is 8.24. The number of hydrogen-bond acceptors (Lipinski definition) is 4. The third-order valence-electron chi connectivity index (χ3n) is 2.85. The molecule has 0 radical (unpaired) electrons. The highest BCUT2D eigenvalue weighted by molar-refractivity contribution is 14.1. The van der Waals surface area contributed by atoms with Gasteiger partial charge >= 0.3 is 0 Å². The zero-order valence-electron chi connectivity index (χ0n) is 9.49. The molecule has 96 valence electrons. The highest BCUT2D eigenvalue weighted by Crippen LogP contribution is 2.31. The Labute approximate surface area is 118 Å². The molecule has 7 nitrogen and oxygen atoms in total. The Kier molecular flexibility index (Phi) is 2.62. The van der Waals surface area contributed by atoms with Crippen LogP contribution in [-0.4, -0.2) is 34.5 Å². The summed E-state index contributed by atoms with van der Waals surface area (Å²) in [6.07, 6.45) is 3.14. The Balaban J connectivity index is 2.13. The van der Waals surface area contributed by atoms with Gasteiger partial charge in [0.05, 0.1) is 29.1 Å². The molecule has 0 saturated carbocycles. The predicted molar refractivity (Wildman–Crippen MR) is 72.7 cm³/mol. The van der Waals surface area contributed by atoms with E-state index in [4.69, 9.17) is 0 Å². The molecule has 1 aliphatic rings. The van der Waals surface area contributed by atoms with Gasteiger partial charge in [-0.1, -0.05) is 0 Å². The third-order valence-corrected chi connectivity index (χ3v) is 5.48. The van der Waals surface area contributed by atoms with Gasteiger partial charge in [0.15, 0.2) is 10.8 Å². The second kappa shape index (κ2) is 3.95. The monoisotopic (exact) mass is 379 g/mol. The second-order valence-electron chi connectivity index (χ2n) is 3.91. The Morgan fingerprint density at radius 2 is 2.11 bits per heavy atom. The molecule has 0 amide bonds. The zero-order chi connectivity index (χ0) is 12.9. The van der Waals surface area contributed by atoms with Crippen LogP contribution in [0.15, 0.2) is 23.5 Å². The second-order valence-corrected chi connectivity index (χ2v) is 6.88. The van der Waals surface area contributed by atoms with Crippen LogP contribution in [0.5, 0.6) is 0 Å². The van der Waals surface area contributed by atoms with E-state index in [1.54, 1.807) is 17.9 Å². The van der Waals surface area contributed by atoms with E-state index in [-0.39, 0.29) is 5.03 Å². The molecule has 0 bridgehead atoms. The average molecular weight is 379 g/mol. The molecule has 0 aliphatic carbocycles. The van der Waals surface area contributed by atoms with Crippen molar-refractivity contribution in [3.05, 3.63) is 22.0 Å². The number of fused-ring (bicyclic) bond motifs is 1. The number of rotatable bonds is 2. The third kappa shape index (κ3) is 1.56. The maximum absolute atomic E-state index is 12.5. The molecule has 0 saturated heterocycles. The highest BCUT2D eigenvalue weighted by atomic mass is 127. The van der Waals surface area contributed by atoms with Crippen molar-refractivity contribution in [2.45, 2.75) is 11.6 Å². The summed E-state index contributed by atoms with van der Waals surface area (Å²) in [4.78, 5) is 0. The number of sulfonamides is 1. The standard InChI is InChI=1S/C9H10IN5O2S/c1-13-8(2-3-11-13)18(16,17)15-5-4-14-9(15)7(10)6-12-14/h2-3,6H,4-5H2,1H3. The van der Waals surface area contributed by atoms with Crippen molar-refractivity contribution in [3.8, 4) is 0 Å². The molecule has 0 unspecified atom stereocenters. The van der Waals surface area contributed by atoms with Crippen LogP contribution in [0.1, 0.15) is 0 Å². The Morgan fingerprint density at radius 1 is 1.33 bits per heavy atom. The molecule has 18 heavy (non-hydrogen) atoms. The SMILES string of the molecule is Cn1nccc1S(=O)(=O)N1CCn2ncc(I)c21. The largest absolute Gasteiger partial charge is 0.282 e. The van der Waals surface area contributed by atoms with Gasteiger partial charge in [-0.15, -0.1) is 0 Å². The van der Waals surface area contributed by atoms with Gasteiger partial charge in [-0.25, -0.2) is 8.99 Å². The van der Waals surface area contributed by atoms with Crippen LogP contribution in [0.3, 0.4) is 0 Å². The first kappa shape index (κ1) is 12.0. The molecule has 9 heteroatoms. The molecule has 0 fully saturated rings. The van der Waals surface area contributed by atoms with Crippen molar-refractivity contribution in [1.82, 2.24) is 19.6 Å². The lowest BCUT2D eigenvalue weighted by molar-refractivity contribution is 0.573. The number of nitrogens with zero attached hydrogens (tertiary/aromatic N) is 5. The molecule has 2 aromatic rings. The lowest BCUT2D eigenvalue weighted by atomic mass is 10.6. The Bertz CT molecular complexity index is 704. The van der Waals surface area contributed by atoms with Gasteiger partial charge in [0.25, 0.3) is 10.0 Å². The molecule has 3 rings (SSSR count). The minimum Gasteiger partial charge on any atom is -0.256 e. The van der Waals surface area contributed by atoms with Crippen LogP contribution in [0.25, 0.3) is 0 Å². The quantitative estimate of drug-likeness (QED) is 0.710. The number of aryl methyl sites for hydroxylation is 1. The van der Waals surface area contributed by atoms with Gasteiger partial charge in [-0.2, -0.15) is 18.6 Å². The number of halogens is 1. The highest BCUT2D eigenvalue weighted by Gasteiger charge is 2.35. The van der Waals surface area contributed by atoms with Crippen molar-refractivity contribution in [2.24, 2.45) is 7.05 Å². The van der Waals surface area contributed by atoms with Gasteiger partial charge in [0, 0.05) is 7.05 Å². The van der Waals surface area contributed by atoms with Crippen molar-refractivity contribution >= 4 is 38.4 Å². The van der Waals surface area contributed by atoms with Gasteiger partial charge in [-0.3, -0.25) is 4.68 Å². The van der Waals surface area contributed by atoms with Gasteiger partial charge < -0.3 is 0 Å². The lowest BCUT2D eigenvalue weighted by Gasteiger charge is -2.17. The molecular weight excluding hydrogens is 369 g/mol. The van der Waals surface area contributed by atoms with E-state index >= 15 is 0 Å². The van der Waals surface area contributed by atoms with E-state index in [1.165, 1.54) is 21.3 Å². The minimum atomic E-state index is -3.56. The topological polar surface area (TPSA) is 73.0 Å². The Morgan fingerprint density at radius 3 is 2.78 bits per heavy atom. The van der Waals surface area contributed by atoms with Gasteiger partial charge in [0.1, 0.15) is 0 Å². The summed E-state index contributed by atoms with van der Waals surface area (Å²) >= 11 is 2.09. The summed E-state index contributed by atoms with van der Waals surface area (Å²) < 4.78 is 30.4. The van der Waals surface area contributed by atoms with Crippen LogP contribution in [0, 0.1) is 3.57 Å². The first-order valence-electron chi connectivity index (χ1n) is 5.24. The smallest absolute Gasteiger partial charge is 0.256 e. The molecule has 1 aliphatic heterocycles. The van der Waals surface area contributed by atoms with Gasteiger partial charge in [0.2, 0.25) is 0 Å².